The summed E-state index contributed by atoms with van der Waals surface area (Å²) in [6.07, 6.45) is 2.28. The Morgan fingerprint density at radius 3 is 3.00 bits per heavy atom. The Bertz CT molecular complexity index is 387. The lowest BCUT2D eigenvalue weighted by Crippen LogP contribution is -2.32. The van der Waals surface area contributed by atoms with Crippen molar-refractivity contribution in [1.82, 2.24) is 0 Å². The molecule has 0 aromatic heterocycles. The van der Waals surface area contributed by atoms with Crippen LogP contribution in [-0.4, -0.2) is 23.9 Å². The van der Waals surface area contributed by atoms with Gasteiger partial charge in [-0.25, -0.2) is 4.39 Å². The van der Waals surface area contributed by atoms with Crippen molar-refractivity contribution in [2.45, 2.75) is 31.3 Å². The lowest BCUT2D eigenvalue weighted by Gasteiger charge is -2.26. The zero-order valence-electron chi connectivity index (χ0n) is 9.59. The second-order valence-electron chi connectivity index (χ2n) is 4.60. The van der Waals surface area contributed by atoms with Gasteiger partial charge in [0.05, 0.1) is 5.60 Å². The van der Waals surface area contributed by atoms with Crippen LogP contribution in [0.2, 0.25) is 5.02 Å². The molecule has 2 nitrogen and oxygen atoms in total. The summed E-state index contributed by atoms with van der Waals surface area (Å²) in [7, 11) is 0. The number of benzene rings is 1. The SMILES string of the molecule is OC1(Cc2cc(Cl)ccc2F)CCCOCC1. The molecule has 0 saturated carbocycles. The van der Waals surface area contributed by atoms with Gasteiger partial charge in [0, 0.05) is 24.7 Å². The van der Waals surface area contributed by atoms with Crippen molar-refractivity contribution < 1.29 is 14.2 Å². The maximum atomic E-state index is 13.6. The Hall–Kier alpha value is -0.640. The van der Waals surface area contributed by atoms with E-state index in [0.717, 1.165) is 6.42 Å². The number of rotatable bonds is 2. The summed E-state index contributed by atoms with van der Waals surface area (Å²) in [5, 5.41) is 10.9. The van der Waals surface area contributed by atoms with Crippen molar-refractivity contribution in [2.75, 3.05) is 13.2 Å². The molecule has 0 amide bonds. The van der Waals surface area contributed by atoms with Crippen molar-refractivity contribution in [3.63, 3.8) is 0 Å². The zero-order valence-corrected chi connectivity index (χ0v) is 10.3. The average Bonchev–Trinajstić information content (AvgIpc) is 2.49. The fourth-order valence-corrected chi connectivity index (χ4v) is 2.40. The van der Waals surface area contributed by atoms with E-state index in [1.165, 1.54) is 12.1 Å². The third-order valence-corrected chi connectivity index (χ3v) is 3.40. The van der Waals surface area contributed by atoms with Crippen LogP contribution in [0.15, 0.2) is 18.2 Å². The van der Waals surface area contributed by atoms with Crippen molar-refractivity contribution >= 4 is 11.6 Å². The normalized spacial score (nSPS) is 25.6. The Balaban J connectivity index is 2.15. The molecule has 0 bridgehead atoms. The van der Waals surface area contributed by atoms with E-state index in [9.17, 15) is 9.50 Å². The Morgan fingerprint density at radius 2 is 2.18 bits per heavy atom. The average molecular weight is 259 g/mol. The molecule has 1 N–H and O–H groups in total. The first-order chi connectivity index (χ1) is 8.09. The van der Waals surface area contributed by atoms with Gasteiger partial charge < -0.3 is 9.84 Å². The highest BCUT2D eigenvalue weighted by molar-refractivity contribution is 6.30. The molecule has 4 heteroatoms. The molecule has 0 spiro atoms. The summed E-state index contributed by atoms with van der Waals surface area (Å²) in [5.74, 6) is -0.312. The van der Waals surface area contributed by atoms with Crippen molar-refractivity contribution in [3.8, 4) is 0 Å². The lowest BCUT2D eigenvalue weighted by atomic mass is 9.87. The van der Waals surface area contributed by atoms with Gasteiger partial charge in [0.15, 0.2) is 0 Å². The predicted octanol–water partition coefficient (Wildman–Crippen LogP) is 2.95. The number of hydrogen-bond acceptors (Lipinski definition) is 2. The Kier molecular flexibility index (Phi) is 4.02. The second kappa shape index (κ2) is 5.34. The molecule has 1 aliphatic rings. The van der Waals surface area contributed by atoms with Crippen LogP contribution in [0.25, 0.3) is 0 Å². The number of aliphatic hydroxyl groups is 1. The van der Waals surface area contributed by atoms with E-state index in [1.807, 2.05) is 0 Å². The Morgan fingerprint density at radius 1 is 1.35 bits per heavy atom. The summed E-state index contributed by atoms with van der Waals surface area (Å²) >= 11 is 5.84. The monoisotopic (exact) mass is 258 g/mol. The van der Waals surface area contributed by atoms with Gasteiger partial charge >= 0.3 is 0 Å². The van der Waals surface area contributed by atoms with Gasteiger partial charge in [-0.15, -0.1) is 0 Å². The molecule has 2 rings (SSSR count). The highest BCUT2D eigenvalue weighted by Gasteiger charge is 2.29. The van der Waals surface area contributed by atoms with E-state index in [-0.39, 0.29) is 5.82 Å². The van der Waals surface area contributed by atoms with Crippen LogP contribution in [0.4, 0.5) is 4.39 Å². The minimum atomic E-state index is -0.873. The van der Waals surface area contributed by atoms with E-state index < -0.39 is 5.60 Å². The van der Waals surface area contributed by atoms with Crippen molar-refractivity contribution in [3.05, 3.63) is 34.6 Å². The van der Waals surface area contributed by atoms with E-state index in [2.05, 4.69) is 0 Å². The summed E-state index contributed by atoms with van der Waals surface area (Å²) in [6.45, 7) is 1.19. The predicted molar refractivity (Wildman–Crippen MR) is 64.7 cm³/mol. The molecule has 1 aromatic rings. The molecule has 0 aliphatic carbocycles. The molecule has 1 atom stereocenters. The van der Waals surface area contributed by atoms with E-state index in [1.54, 1.807) is 6.07 Å². The van der Waals surface area contributed by atoms with Crippen LogP contribution in [-0.2, 0) is 11.2 Å². The molecule has 1 aromatic carbocycles. The molecule has 1 unspecified atom stereocenters. The minimum Gasteiger partial charge on any atom is -0.389 e. The minimum absolute atomic E-state index is 0.294. The number of hydrogen-bond donors (Lipinski definition) is 1. The van der Waals surface area contributed by atoms with Crippen molar-refractivity contribution in [1.29, 1.82) is 0 Å². The van der Waals surface area contributed by atoms with Gasteiger partial charge in [0.25, 0.3) is 0 Å². The van der Waals surface area contributed by atoms with Crippen LogP contribution in [0.3, 0.4) is 0 Å². The molecule has 1 fully saturated rings. The molecule has 1 heterocycles. The third kappa shape index (κ3) is 3.41. The first-order valence-electron chi connectivity index (χ1n) is 5.83. The van der Waals surface area contributed by atoms with Gasteiger partial charge in [-0.05, 0) is 43.0 Å². The van der Waals surface area contributed by atoms with Gasteiger partial charge in [0.2, 0.25) is 0 Å². The Labute approximate surface area is 105 Å². The van der Waals surface area contributed by atoms with E-state index in [0.29, 0.717) is 43.1 Å². The number of ether oxygens (including phenoxy) is 1. The topological polar surface area (TPSA) is 29.5 Å². The first-order valence-corrected chi connectivity index (χ1v) is 6.21. The third-order valence-electron chi connectivity index (χ3n) is 3.17. The molecule has 94 valence electrons. The summed E-state index contributed by atoms with van der Waals surface area (Å²) in [5.41, 5.74) is -0.399. The van der Waals surface area contributed by atoms with Gasteiger partial charge in [-0.2, -0.15) is 0 Å². The van der Waals surface area contributed by atoms with Crippen molar-refractivity contribution in [2.24, 2.45) is 0 Å². The molecule has 17 heavy (non-hydrogen) atoms. The fraction of sp³-hybridized carbons (Fsp3) is 0.538. The molecular formula is C13H16ClFO2. The molecular weight excluding hydrogens is 243 g/mol. The highest BCUT2D eigenvalue weighted by atomic mass is 35.5. The largest absolute Gasteiger partial charge is 0.389 e. The van der Waals surface area contributed by atoms with E-state index in [4.69, 9.17) is 16.3 Å². The molecule has 1 aliphatic heterocycles. The van der Waals surface area contributed by atoms with Gasteiger partial charge in [-0.3, -0.25) is 0 Å². The van der Waals surface area contributed by atoms with Crippen LogP contribution >= 0.6 is 11.6 Å². The standard InChI is InChI=1S/C13H16ClFO2/c14-11-2-3-12(15)10(8-11)9-13(16)4-1-6-17-7-5-13/h2-3,8,16H,1,4-7,9H2. The van der Waals surface area contributed by atoms with Gasteiger partial charge in [0.1, 0.15) is 5.82 Å². The smallest absolute Gasteiger partial charge is 0.126 e. The van der Waals surface area contributed by atoms with Crippen LogP contribution in [0.1, 0.15) is 24.8 Å². The lowest BCUT2D eigenvalue weighted by molar-refractivity contribution is 0.0182. The fourth-order valence-electron chi connectivity index (χ4n) is 2.20. The quantitative estimate of drug-likeness (QED) is 0.884. The summed E-state index contributed by atoms with van der Waals surface area (Å²) in [6, 6.07) is 4.44. The van der Waals surface area contributed by atoms with Gasteiger partial charge in [-0.1, -0.05) is 11.6 Å². The van der Waals surface area contributed by atoms with E-state index >= 15 is 0 Å². The maximum absolute atomic E-state index is 13.6. The highest BCUT2D eigenvalue weighted by Crippen LogP contribution is 2.27. The second-order valence-corrected chi connectivity index (χ2v) is 5.04. The maximum Gasteiger partial charge on any atom is 0.126 e. The molecule has 0 radical (unpaired) electrons. The molecule has 1 saturated heterocycles. The summed E-state index contributed by atoms with van der Waals surface area (Å²) in [4.78, 5) is 0. The first kappa shape index (κ1) is 12.8. The van der Waals surface area contributed by atoms with Crippen LogP contribution < -0.4 is 0 Å². The number of halogens is 2. The van der Waals surface area contributed by atoms with Crippen LogP contribution in [0, 0.1) is 5.82 Å². The summed E-state index contributed by atoms with van der Waals surface area (Å²) < 4.78 is 18.9. The van der Waals surface area contributed by atoms with Crippen LogP contribution in [0.5, 0.6) is 0 Å². The zero-order chi connectivity index (χ0) is 12.3.